The number of allylic oxidation sites excluding steroid dienone is 1. The molecule has 3 fully saturated rings. The lowest BCUT2D eigenvalue weighted by molar-refractivity contribution is -0.162. The molecule has 2 N–H and O–H groups in total. The van der Waals surface area contributed by atoms with Crippen molar-refractivity contribution in [1.29, 1.82) is 0 Å². The minimum Gasteiger partial charge on any atom is -0.455 e. The standard InChI is InChI=1S/C38H47N3O7/c1-4-6-19-30(43)39-26(3)33(28-17-11-8-12-18-28)47-37(46)31-29-20-21-38(48-29)32(31)35(44)41(23-13-14-24-42)34(38)36(45)40(22-5-2)25-27-15-9-7-10-16-27/h4-5,7-12,15-18,26,29,31-34,42H,1-2,6,13-14,19-25H2,3H3,(H,39,43)/t26-,29-,31+,32+,33-,34-,38+/m1/s1. The van der Waals surface area contributed by atoms with Crippen LogP contribution in [0.1, 0.15) is 62.7 Å². The fourth-order valence-corrected chi connectivity index (χ4v) is 7.64. The number of unbranched alkanes of at least 4 members (excludes halogenated alkanes) is 1. The fourth-order valence-electron chi connectivity index (χ4n) is 7.64. The Kier molecular flexibility index (Phi) is 11.5. The molecule has 0 radical (unpaired) electrons. The third kappa shape index (κ3) is 7.10. The van der Waals surface area contributed by atoms with Crippen molar-refractivity contribution < 1.29 is 33.8 Å². The Labute approximate surface area is 282 Å². The highest BCUT2D eigenvalue weighted by molar-refractivity contribution is 5.98. The molecule has 48 heavy (non-hydrogen) atoms. The molecule has 10 heteroatoms. The summed E-state index contributed by atoms with van der Waals surface area (Å²) < 4.78 is 12.9. The minimum atomic E-state index is -1.19. The van der Waals surface area contributed by atoms with Crippen molar-refractivity contribution in [1.82, 2.24) is 15.1 Å². The molecule has 2 bridgehead atoms. The molecule has 0 aromatic heterocycles. The number of esters is 1. The highest BCUT2D eigenvalue weighted by Crippen LogP contribution is 2.59. The molecule has 3 heterocycles. The van der Waals surface area contributed by atoms with Crippen LogP contribution in [-0.4, -0.2) is 82.1 Å². The molecule has 10 nitrogen and oxygen atoms in total. The number of rotatable bonds is 17. The van der Waals surface area contributed by atoms with Gasteiger partial charge in [-0.05, 0) is 50.2 Å². The zero-order chi connectivity index (χ0) is 34.3. The number of benzene rings is 2. The molecule has 3 aliphatic heterocycles. The van der Waals surface area contributed by atoms with E-state index in [0.717, 1.165) is 5.56 Å². The maximum atomic E-state index is 14.6. The molecular weight excluding hydrogens is 610 g/mol. The van der Waals surface area contributed by atoms with E-state index >= 15 is 0 Å². The number of carbonyl (C=O) groups is 4. The Balaban J connectivity index is 1.44. The first kappa shape index (κ1) is 35.0. The van der Waals surface area contributed by atoms with Crippen molar-refractivity contribution in [3.8, 4) is 0 Å². The van der Waals surface area contributed by atoms with Crippen LogP contribution in [-0.2, 0) is 35.2 Å². The minimum absolute atomic E-state index is 0.0392. The Morgan fingerprint density at radius 1 is 1.10 bits per heavy atom. The van der Waals surface area contributed by atoms with Crippen LogP contribution in [0.2, 0.25) is 0 Å². The SMILES string of the molecule is C=CCCC(=O)N[C@H](C)[C@@H](OC(=O)[C@@H]1[C@H]2C(=O)N(CCCCO)[C@H](C(=O)N(CC=C)Cc3ccccc3)[C@]23CC[C@H]1O3)c1ccccc1. The summed E-state index contributed by atoms with van der Waals surface area (Å²) in [5.41, 5.74) is 0.456. The van der Waals surface area contributed by atoms with Crippen LogP contribution >= 0.6 is 0 Å². The van der Waals surface area contributed by atoms with E-state index in [2.05, 4.69) is 18.5 Å². The number of nitrogens with zero attached hydrogens (tertiary/aromatic N) is 2. The molecular formula is C38H47N3O7. The molecule has 3 amide bonds. The molecule has 3 saturated heterocycles. The van der Waals surface area contributed by atoms with Crippen LogP contribution in [0.3, 0.4) is 0 Å². The smallest absolute Gasteiger partial charge is 0.313 e. The van der Waals surface area contributed by atoms with Crippen LogP contribution in [0.5, 0.6) is 0 Å². The number of amides is 3. The first-order valence-electron chi connectivity index (χ1n) is 16.9. The normalized spacial score (nSPS) is 25.2. The van der Waals surface area contributed by atoms with Crippen molar-refractivity contribution in [3.05, 3.63) is 97.1 Å². The van der Waals surface area contributed by atoms with Crippen molar-refractivity contribution in [2.45, 2.75) is 81.9 Å². The summed E-state index contributed by atoms with van der Waals surface area (Å²) in [5.74, 6) is -3.16. The van der Waals surface area contributed by atoms with E-state index in [-0.39, 0.29) is 43.8 Å². The van der Waals surface area contributed by atoms with E-state index in [1.807, 2.05) is 60.7 Å². The highest BCUT2D eigenvalue weighted by atomic mass is 16.6. The quantitative estimate of drug-likeness (QED) is 0.149. The van der Waals surface area contributed by atoms with Crippen molar-refractivity contribution in [2.24, 2.45) is 11.8 Å². The van der Waals surface area contributed by atoms with Gasteiger partial charge in [0.15, 0.2) is 0 Å². The van der Waals surface area contributed by atoms with E-state index < -0.39 is 47.7 Å². The van der Waals surface area contributed by atoms with Gasteiger partial charge in [0, 0.05) is 32.7 Å². The Bertz CT molecular complexity index is 1470. The second-order valence-electron chi connectivity index (χ2n) is 13.0. The fraction of sp³-hybridized carbons (Fsp3) is 0.474. The molecule has 2 aromatic carbocycles. The molecule has 2 aromatic rings. The second-order valence-corrected chi connectivity index (χ2v) is 13.0. The molecule has 5 rings (SSSR count). The lowest BCUT2D eigenvalue weighted by Gasteiger charge is -2.37. The monoisotopic (exact) mass is 657 g/mol. The summed E-state index contributed by atoms with van der Waals surface area (Å²) in [6.07, 6.45) is 4.63. The molecule has 0 unspecified atom stereocenters. The number of aliphatic hydroxyl groups is 1. The molecule has 1 spiro atoms. The average Bonchev–Trinajstić information content (AvgIpc) is 3.74. The first-order chi connectivity index (χ1) is 23.2. The van der Waals surface area contributed by atoms with E-state index in [4.69, 9.17) is 9.47 Å². The zero-order valence-corrected chi connectivity index (χ0v) is 27.7. The predicted octanol–water partition coefficient (Wildman–Crippen LogP) is 4.10. The summed E-state index contributed by atoms with van der Waals surface area (Å²) in [6, 6.07) is 17.3. The molecule has 3 aliphatic rings. The van der Waals surface area contributed by atoms with Crippen molar-refractivity contribution in [2.75, 3.05) is 19.7 Å². The highest BCUT2D eigenvalue weighted by Gasteiger charge is 2.75. The van der Waals surface area contributed by atoms with Crippen molar-refractivity contribution >= 4 is 23.7 Å². The van der Waals surface area contributed by atoms with Gasteiger partial charge in [0.25, 0.3) is 0 Å². The molecule has 0 saturated carbocycles. The van der Waals surface area contributed by atoms with Gasteiger partial charge in [-0.3, -0.25) is 19.2 Å². The van der Waals surface area contributed by atoms with Crippen LogP contribution in [0.4, 0.5) is 0 Å². The van der Waals surface area contributed by atoms with Gasteiger partial charge < -0.3 is 29.7 Å². The van der Waals surface area contributed by atoms with E-state index in [0.29, 0.717) is 44.2 Å². The van der Waals surface area contributed by atoms with Gasteiger partial charge in [-0.1, -0.05) is 72.8 Å². The molecule has 256 valence electrons. The number of ether oxygens (including phenoxy) is 2. The van der Waals surface area contributed by atoms with Crippen LogP contribution in [0, 0.1) is 11.8 Å². The number of likely N-dealkylation sites (tertiary alicyclic amines) is 1. The van der Waals surface area contributed by atoms with Gasteiger partial charge in [-0.15, -0.1) is 13.2 Å². The van der Waals surface area contributed by atoms with Gasteiger partial charge in [-0.25, -0.2) is 0 Å². The average molecular weight is 658 g/mol. The van der Waals surface area contributed by atoms with E-state index in [9.17, 15) is 24.3 Å². The second kappa shape index (κ2) is 15.7. The summed E-state index contributed by atoms with van der Waals surface area (Å²) in [7, 11) is 0. The summed E-state index contributed by atoms with van der Waals surface area (Å²) in [6.45, 7) is 10.1. The van der Waals surface area contributed by atoms with Crippen LogP contribution < -0.4 is 5.32 Å². The van der Waals surface area contributed by atoms with E-state index in [1.165, 1.54) is 0 Å². The maximum Gasteiger partial charge on any atom is 0.313 e. The van der Waals surface area contributed by atoms with E-state index in [1.54, 1.807) is 28.9 Å². The number of hydrogen-bond acceptors (Lipinski definition) is 7. The number of hydrogen-bond donors (Lipinski definition) is 2. The topological polar surface area (TPSA) is 125 Å². The van der Waals surface area contributed by atoms with Gasteiger partial charge in [-0.2, -0.15) is 0 Å². The Morgan fingerprint density at radius 2 is 1.81 bits per heavy atom. The Hall–Kier alpha value is -4.28. The maximum absolute atomic E-state index is 14.6. The largest absolute Gasteiger partial charge is 0.455 e. The summed E-state index contributed by atoms with van der Waals surface area (Å²) >= 11 is 0. The summed E-state index contributed by atoms with van der Waals surface area (Å²) in [4.78, 5) is 59.1. The molecule has 0 aliphatic carbocycles. The number of aliphatic hydroxyl groups excluding tert-OH is 1. The number of nitrogens with one attached hydrogen (secondary N) is 1. The predicted molar refractivity (Wildman–Crippen MR) is 180 cm³/mol. The number of fused-ring (bicyclic) bond motifs is 1. The third-order valence-corrected chi connectivity index (χ3v) is 9.78. The number of carbonyl (C=O) groups excluding carboxylic acids is 4. The first-order valence-corrected chi connectivity index (χ1v) is 16.9. The molecule has 7 atom stereocenters. The lowest BCUT2D eigenvalue weighted by atomic mass is 9.70. The van der Waals surface area contributed by atoms with Crippen LogP contribution in [0.15, 0.2) is 86.0 Å². The lowest BCUT2D eigenvalue weighted by Crippen LogP contribution is -2.56. The van der Waals surface area contributed by atoms with Gasteiger partial charge in [0.05, 0.1) is 24.0 Å². The van der Waals surface area contributed by atoms with Gasteiger partial charge in [0.2, 0.25) is 17.7 Å². The van der Waals surface area contributed by atoms with Crippen molar-refractivity contribution in [3.63, 3.8) is 0 Å². The van der Waals surface area contributed by atoms with Crippen LogP contribution in [0.25, 0.3) is 0 Å². The Morgan fingerprint density at radius 3 is 2.48 bits per heavy atom. The van der Waals surface area contributed by atoms with Gasteiger partial charge >= 0.3 is 5.97 Å². The van der Waals surface area contributed by atoms with Gasteiger partial charge in [0.1, 0.15) is 17.7 Å². The zero-order valence-electron chi connectivity index (χ0n) is 27.7. The third-order valence-electron chi connectivity index (χ3n) is 9.78. The summed E-state index contributed by atoms with van der Waals surface area (Å²) in [5, 5.41) is 12.4.